The number of hydrogen-bond donors (Lipinski definition) is 1. The van der Waals surface area contributed by atoms with E-state index in [2.05, 4.69) is 13.8 Å². The SMILES string of the molecule is CC(N)Cc1c(Cl)cc2c(c1C(C)C)OCO2. The van der Waals surface area contributed by atoms with Gasteiger partial charge >= 0.3 is 0 Å². The van der Waals surface area contributed by atoms with E-state index in [1.165, 1.54) is 0 Å². The quantitative estimate of drug-likeness (QED) is 0.903. The summed E-state index contributed by atoms with van der Waals surface area (Å²) < 4.78 is 10.9. The molecule has 0 saturated carbocycles. The van der Waals surface area contributed by atoms with E-state index in [9.17, 15) is 0 Å². The molecule has 1 aliphatic heterocycles. The van der Waals surface area contributed by atoms with Gasteiger partial charge < -0.3 is 15.2 Å². The van der Waals surface area contributed by atoms with Crippen molar-refractivity contribution in [3.63, 3.8) is 0 Å². The molecule has 0 saturated heterocycles. The lowest BCUT2D eigenvalue weighted by molar-refractivity contribution is 0.173. The van der Waals surface area contributed by atoms with Gasteiger partial charge in [-0.1, -0.05) is 25.4 Å². The van der Waals surface area contributed by atoms with E-state index in [-0.39, 0.29) is 12.8 Å². The van der Waals surface area contributed by atoms with Crippen LogP contribution in [0.1, 0.15) is 37.8 Å². The molecule has 1 aliphatic rings. The highest BCUT2D eigenvalue weighted by atomic mass is 35.5. The van der Waals surface area contributed by atoms with Crippen molar-refractivity contribution in [1.82, 2.24) is 0 Å². The molecule has 3 nitrogen and oxygen atoms in total. The van der Waals surface area contributed by atoms with E-state index in [1.54, 1.807) is 0 Å². The van der Waals surface area contributed by atoms with Crippen LogP contribution in [-0.4, -0.2) is 12.8 Å². The normalized spacial score (nSPS) is 15.4. The Bertz CT molecular complexity index is 430. The molecule has 1 aromatic carbocycles. The molecule has 1 unspecified atom stereocenters. The van der Waals surface area contributed by atoms with E-state index < -0.39 is 0 Å². The van der Waals surface area contributed by atoms with Crippen molar-refractivity contribution >= 4 is 11.6 Å². The summed E-state index contributed by atoms with van der Waals surface area (Å²) in [5.41, 5.74) is 8.09. The van der Waals surface area contributed by atoms with Gasteiger partial charge in [0.1, 0.15) is 0 Å². The van der Waals surface area contributed by atoms with Crippen LogP contribution in [-0.2, 0) is 6.42 Å². The van der Waals surface area contributed by atoms with E-state index in [1.807, 2.05) is 13.0 Å². The van der Waals surface area contributed by atoms with E-state index in [0.29, 0.717) is 5.92 Å². The Hall–Kier alpha value is -0.930. The Labute approximate surface area is 107 Å². The lowest BCUT2D eigenvalue weighted by Gasteiger charge is -2.18. The highest BCUT2D eigenvalue weighted by molar-refractivity contribution is 6.31. The summed E-state index contributed by atoms with van der Waals surface area (Å²) in [7, 11) is 0. The fraction of sp³-hybridized carbons (Fsp3) is 0.538. The molecule has 0 fully saturated rings. The van der Waals surface area contributed by atoms with Gasteiger partial charge in [-0.3, -0.25) is 0 Å². The zero-order valence-corrected chi connectivity index (χ0v) is 11.2. The molecule has 1 aromatic rings. The van der Waals surface area contributed by atoms with Crippen molar-refractivity contribution in [2.24, 2.45) is 5.73 Å². The van der Waals surface area contributed by atoms with Crippen LogP contribution in [0.15, 0.2) is 6.07 Å². The molecule has 2 N–H and O–H groups in total. The Balaban J connectivity index is 2.56. The zero-order valence-electron chi connectivity index (χ0n) is 10.4. The van der Waals surface area contributed by atoms with Gasteiger partial charge in [0.15, 0.2) is 11.5 Å². The monoisotopic (exact) mass is 255 g/mol. The summed E-state index contributed by atoms with van der Waals surface area (Å²) >= 11 is 6.31. The van der Waals surface area contributed by atoms with Crippen LogP contribution in [0.3, 0.4) is 0 Å². The molecule has 0 amide bonds. The largest absolute Gasteiger partial charge is 0.454 e. The zero-order chi connectivity index (χ0) is 12.6. The molecule has 1 atom stereocenters. The van der Waals surface area contributed by atoms with Gasteiger partial charge in [-0.05, 0) is 24.8 Å². The van der Waals surface area contributed by atoms with Crippen molar-refractivity contribution in [1.29, 1.82) is 0 Å². The van der Waals surface area contributed by atoms with Gasteiger partial charge in [0.05, 0.1) is 0 Å². The number of nitrogens with two attached hydrogens (primary N) is 1. The molecular weight excluding hydrogens is 238 g/mol. The summed E-state index contributed by atoms with van der Waals surface area (Å²) in [6.45, 7) is 6.49. The van der Waals surface area contributed by atoms with Crippen LogP contribution in [0.4, 0.5) is 0 Å². The fourth-order valence-corrected chi connectivity index (χ4v) is 2.49. The van der Waals surface area contributed by atoms with Crippen LogP contribution in [0.5, 0.6) is 11.5 Å². The van der Waals surface area contributed by atoms with Crippen LogP contribution < -0.4 is 15.2 Å². The summed E-state index contributed by atoms with van der Waals surface area (Å²) in [5.74, 6) is 1.91. The summed E-state index contributed by atoms with van der Waals surface area (Å²) in [6, 6.07) is 1.90. The second-order valence-corrected chi connectivity index (χ2v) is 5.23. The lowest BCUT2D eigenvalue weighted by Crippen LogP contribution is -2.19. The molecule has 0 radical (unpaired) electrons. The average molecular weight is 256 g/mol. The van der Waals surface area contributed by atoms with Crippen molar-refractivity contribution in [3.05, 3.63) is 22.2 Å². The molecule has 94 valence electrons. The number of ether oxygens (including phenoxy) is 2. The molecule has 0 aliphatic carbocycles. The Kier molecular flexibility index (Phi) is 3.50. The number of benzene rings is 1. The van der Waals surface area contributed by atoms with Gasteiger partial charge in [-0.2, -0.15) is 0 Å². The minimum absolute atomic E-state index is 0.0744. The Morgan fingerprint density at radius 2 is 2.06 bits per heavy atom. The highest BCUT2D eigenvalue weighted by Gasteiger charge is 2.25. The maximum absolute atomic E-state index is 6.31. The topological polar surface area (TPSA) is 44.5 Å². The maximum atomic E-state index is 6.31. The predicted molar refractivity (Wildman–Crippen MR) is 69.0 cm³/mol. The standard InChI is InChI=1S/C13H18ClNO2/c1-7(2)12-9(4-8(3)15)10(14)5-11-13(12)17-6-16-11/h5,7-8H,4,6,15H2,1-3H3. The molecule has 0 spiro atoms. The van der Waals surface area contributed by atoms with E-state index in [0.717, 1.165) is 34.1 Å². The van der Waals surface area contributed by atoms with Crippen molar-refractivity contribution in [3.8, 4) is 11.5 Å². The molecule has 1 heterocycles. The van der Waals surface area contributed by atoms with Crippen LogP contribution in [0.2, 0.25) is 5.02 Å². The molecule has 0 bridgehead atoms. The van der Waals surface area contributed by atoms with Crippen molar-refractivity contribution in [2.75, 3.05) is 6.79 Å². The Morgan fingerprint density at radius 1 is 1.35 bits per heavy atom. The third kappa shape index (κ3) is 2.35. The van der Waals surface area contributed by atoms with E-state index in [4.69, 9.17) is 26.8 Å². The molecule has 17 heavy (non-hydrogen) atoms. The second kappa shape index (κ2) is 4.75. The van der Waals surface area contributed by atoms with Crippen LogP contribution in [0, 0.1) is 0 Å². The first kappa shape index (κ1) is 12.5. The Morgan fingerprint density at radius 3 is 2.65 bits per heavy atom. The minimum atomic E-state index is 0.0744. The molecule has 2 rings (SSSR count). The summed E-state index contributed by atoms with van der Waals surface area (Å²) in [6.07, 6.45) is 0.753. The predicted octanol–water partition coefficient (Wildman–Crippen LogP) is 3.08. The third-order valence-electron chi connectivity index (χ3n) is 2.86. The summed E-state index contributed by atoms with van der Waals surface area (Å²) in [5, 5.41) is 0.718. The number of fused-ring (bicyclic) bond motifs is 1. The fourth-order valence-electron chi connectivity index (χ4n) is 2.21. The van der Waals surface area contributed by atoms with Crippen LogP contribution in [0.25, 0.3) is 0 Å². The molecule has 0 aromatic heterocycles. The van der Waals surface area contributed by atoms with Crippen LogP contribution >= 0.6 is 11.6 Å². The van der Waals surface area contributed by atoms with E-state index >= 15 is 0 Å². The lowest BCUT2D eigenvalue weighted by atomic mass is 9.92. The van der Waals surface area contributed by atoms with Gasteiger partial charge in [-0.25, -0.2) is 0 Å². The van der Waals surface area contributed by atoms with Crippen molar-refractivity contribution < 1.29 is 9.47 Å². The first-order valence-corrected chi connectivity index (χ1v) is 6.25. The minimum Gasteiger partial charge on any atom is -0.454 e. The van der Waals surface area contributed by atoms with Gasteiger partial charge in [0.2, 0.25) is 6.79 Å². The van der Waals surface area contributed by atoms with Gasteiger partial charge in [-0.15, -0.1) is 0 Å². The second-order valence-electron chi connectivity index (χ2n) is 4.82. The number of rotatable bonds is 3. The first-order valence-electron chi connectivity index (χ1n) is 5.87. The molecule has 4 heteroatoms. The average Bonchev–Trinajstić information content (AvgIpc) is 2.64. The first-order chi connectivity index (χ1) is 8.00. The van der Waals surface area contributed by atoms with Gasteiger partial charge in [0, 0.05) is 22.7 Å². The smallest absolute Gasteiger partial charge is 0.231 e. The summed E-state index contributed by atoms with van der Waals surface area (Å²) in [4.78, 5) is 0. The number of halogens is 1. The number of hydrogen-bond acceptors (Lipinski definition) is 3. The third-order valence-corrected chi connectivity index (χ3v) is 3.20. The highest BCUT2D eigenvalue weighted by Crippen LogP contribution is 2.44. The molecular formula is C13H18ClNO2. The van der Waals surface area contributed by atoms with Crippen molar-refractivity contribution in [2.45, 2.75) is 39.2 Å². The maximum Gasteiger partial charge on any atom is 0.231 e. The van der Waals surface area contributed by atoms with Gasteiger partial charge in [0.25, 0.3) is 0 Å².